The molecule has 19 heavy (non-hydrogen) atoms. The van der Waals surface area contributed by atoms with Crippen molar-refractivity contribution in [3.63, 3.8) is 0 Å². The molecular formula is C11H7Cl2N3O3. The van der Waals surface area contributed by atoms with E-state index in [1.807, 2.05) is 4.98 Å². The molecule has 2 aromatic rings. The van der Waals surface area contributed by atoms with E-state index in [9.17, 15) is 14.4 Å². The number of nitrogens with zero attached hydrogens (tertiary/aromatic N) is 2. The fraction of sp³-hybridized carbons (Fsp3) is 0.0909. The van der Waals surface area contributed by atoms with Crippen LogP contribution in [0.5, 0.6) is 0 Å². The maximum absolute atomic E-state index is 11.7. The van der Waals surface area contributed by atoms with Gasteiger partial charge >= 0.3 is 5.69 Å². The normalized spacial score (nSPS) is 10.5. The smallest absolute Gasteiger partial charge is 0.292 e. The fourth-order valence-corrected chi connectivity index (χ4v) is 1.98. The summed E-state index contributed by atoms with van der Waals surface area (Å²) in [7, 11) is 0. The summed E-state index contributed by atoms with van der Waals surface area (Å²) in [5.74, 6) is -0.553. The number of ketones is 1. The highest BCUT2D eigenvalue weighted by Gasteiger charge is 2.12. The third-order valence-electron chi connectivity index (χ3n) is 2.25. The van der Waals surface area contributed by atoms with Gasteiger partial charge in [-0.1, -0.05) is 23.2 Å². The lowest BCUT2D eigenvalue weighted by Crippen LogP contribution is -2.35. The third-order valence-corrected chi connectivity index (χ3v) is 2.69. The van der Waals surface area contributed by atoms with Gasteiger partial charge in [-0.05, 0) is 18.2 Å². The van der Waals surface area contributed by atoms with Crippen molar-refractivity contribution in [3.05, 3.63) is 54.8 Å². The summed E-state index contributed by atoms with van der Waals surface area (Å²) in [5, 5.41) is 4.31. The lowest BCUT2D eigenvalue weighted by molar-refractivity contribution is 0.100. The van der Waals surface area contributed by atoms with Gasteiger partial charge in [-0.15, -0.1) is 0 Å². The molecule has 8 heteroatoms. The molecule has 0 amide bonds. The highest BCUT2D eigenvalue weighted by Crippen LogP contribution is 2.20. The summed E-state index contributed by atoms with van der Waals surface area (Å²) >= 11 is 11.6. The van der Waals surface area contributed by atoms with Crippen LogP contribution in [-0.2, 0) is 0 Å². The van der Waals surface area contributed by atoms with Crippen LogP contribution in [0, 0.1) is 0 Å². The largest absolute Gasteiger partial charge is 0.349 e. The zero-order valence-electron chi connectivity index (χ0n) is 9.61. The molecule has 98 valence electrons. The zero-order valence-corrected chi connectivity index (χ0v) is 11.1. The molecule has 0 aliphatic heterocycles. The first-order chi connectivity index (χ1) is 8.88. The van der Waals surface area contributed by atoms with E-state index in [4.69, 9.17) is 23.2 Å². The average Bonchev–Trinajstić information content (AvgIpc) is 2.26. The molecule has 1 aromatic heterocycles. The molecule has 0 aliphatic rings. The molecule has 0 saturated carbocycles. The number of aromatic amines is 1. The van der Waals surface area contributed by atoms with Gasteiger partial charge in [0.05, 0.1) is 5.69 Å². The number of H-pyrrole nitrogens is 1. The Morgan fingerprint density at radius 2 is 1.79 bits per heavy atom. The first kappa shape index (κ1) is 13.5. The second-order valence-corrected chi connectivity index (χ2v) is 4.58. The molecule has 0 fully saturated rings. The van der Waals surface area contributed by atoms with Crippen LogP contribution >= 0.6 is 23.2 Å². The number of halogens is 2. The summed E-state index contributed by atoms with van der Waals surface area (Å²) in [6, 6.07) is 4.35. The van der Waals surface area contributed by atoms with Gasteiger partial charge in [0.1, 0.15) is 0 Å². The summed E-state index contributed by atoms with van der Waals surface area (Å²) in [6.45, 7) is 1.18. The van der Waals surface area contributed by atoms with Crippen molar-refractivity contribution in [3.8, 4) is 5.69 Å². The Hall–Kier alpha value is -1.92. The minimum atomic E-state index is -0.832. The molecule has 0 saturated heterocycles. The molecule has 0 aliphatic carbocycles. The number of Topliss-reactive ketones (excluding diaryl/α,β-unsaturated/α-hetero) is 1. The van der Waals surface area contributed by atoms with Gasteiger partial charge in [0, 0.05) is 17.0 Å². The van der Waals surface area contributed by atoms with Crippen molar-refractivity contribution >= 4 is 29.0 Å². The minimum Gasteiger partial charge on any atom is -0.292 e. The number of hydrogen-bond donors (Lipinski definition) is 1. The number of nitrogens with one attached hydrogen (secondary N) is 1. The molecular weight excluding hydrogens is 293 g/mol. The molecule has 0 spiro atoms. The first-order valence-electron chi connectivity index (χ1n) is 5.09. The quantitative estimate of drug-likeness (QED) is 0.850. The summed E-state index contributed by atoms with van der Waals surface area (Å²) in [4.78, 5) is 36.3. The number of rotatable bonds is 2. The predicted molar refractivity (Wildman–Crippen MR) is 70.5 cm³/mol. The second kappa shape index (κ2) is 4.99. The molecule has 0 radical (unpaired) electrons. The molecule has 1 N–H and O–H groups in total. The lowest BCUT2D eigenvalue weighted by Gasteiger charge is -2.06. The van der Waals surface area contributed by atoms with Crippen LogP contribution in [0.4, 0.5) is 0 Å². The maximum Gasteiger partial charge on any atom is 0.349 e. The van der Waals surface area contributed by atoms with E-state index in [1.54, 1.807) is 0 Å². The van der Waals surface area contributed by atoms with E-state index in [2.05, 4.69) is 5.10 Å². The van der Waals surface area contributed by atoms with Crippen LogP contribution in [0.1, 0.15) is 17.4 Å². The topological polar surface area (TPSA) is 84.8 Å². The van der Waals surface area contributed by atoms with Crippen molar-refractivity contribution in [2.24, 2.45) is 0 Å². The summed E-state index contributed by atoms with van der Waals surface area (Å²) in [6.07, 6.45) is 0. The fourth-order valence-electron chi connectivity index (χ4n) is 1.47. The lowest BCUT2D eigenvalue weighted by atomic mass is 10.3. The van der Waals surface area contributed by atoms with Gasteiger partial charge in [0.15, 0.2) is 11.5 Å². The van der Waals surface area contributed by atoms with Crippen molar-refractivity contribution < 1.29 is 4.79 Å². The number of carbonyl (C=O) groups excluding carboxylic acids is 1. The molecule has 1 aromatic carbocycles. The average molecular weight is 300 g/mol. The minimum absolute atomic E-state index is 0.251. The maximum atomic E-state index is 11.7. The SMILES string of the molecule is CC(=O)c1nn(-c2cc(Cl)cc(Cl)c2)c(=O)[nH]c1=O. The van der Waals surface area contributed by atoms with Crippen LogP contribution < -0.4 is 11.2 Å². The van der Waals surface area contributed by atoms with Gasteiger partial charge in [-0.2, -0.15) is 9.78 Å². The Balaban J connectivity index is 2.75. The number of hydrogen-bond acceptors (Lipinski definition) is 4. The first-order valence-corrected chi connectivity index (χ1v) is 5.85. The number of carbonyl (C=O) groups is 1. The molecule has 1 heterocycles. The molecule has 2 rings (SSSR count). The molecule has 0 atom stereocenters. The van der Waals surface area contributed by atoms with Gasteiger partial charge in [0.25, 0.3) is 5.56 Å². The van der Waals surface area contributed by atoms with Gasteiger partial charge in [-0.25, -0.2) is 4.79 Å². The Bertz CT molecular complexity index is 759. The molecule has 0 unspecified atom stereocenters. The molecule has 6 nitrogen and oxygen atoms in total. The Morgan fingerprint density at radius 1 is 1.21 bits per heavy atom. The zero-order chi connectivity index (χ0) is 14.2. The van der Waals surface area contributed by atoms with E-state index in [0.717, 1.165) is 4.68 Å². The van der Waals surface area contributed by atoms with E-state index >= 15 is 0 Å². The standard InChI is InChI=1S/C11H7Cl2N3O3/c1-5(17)9-10(18)14-11(19)16(15-9)8-3-6(12)2-7(13)4-8/h2-4H,1H3,(H,14,18,19). The molecule has 0 bridgehead atoms. The van der Waals surface area contributed by atoms with E-state index in [0.29, 0.717) is 10.0 Å². The van der Waals surface area contributed by atoms with Crippen LogP contribution in [-0.4, -0.2) is 20.5 Å². The van der Waals surface area contributed by atoms with Crippen molar-refractivity contribution in [1.29, 1.82) is 0 Å². The van der Waals surface area contributed by atoms with Crippen LogP contribution in [0.15, 0.2) is 27.8 Å². The summed E-state index contributed by atoms with van der Waals surface area (Å²) < 4.78 is 0.857. The monoisotopic (exact) mass is 299 g/mol. The Morgan fingerprint density at radius 3 is 2.32 bits per heavy atom. The van der Waals surface area contributed by atoms with E-state index in [-0.39, 0.29) is 11.4 Å². The van der Waals surface area contributed by atoms with Crippen molar-refractivity contribution in [2.75, 3.05) is 0 Å². The van der Waals surface area contributed by atoms with Crippen molar-refractivity contribution in [2.45, 2.75) is 6.92 Å². The second-order valence-electron chi connectivity index (χ2n) is 3.70. The van der Waals surface area contributed by atoms with Gasteiger partial charge < -0.3 is 0 Å². The van der Waals surface area contributed by atoms with Crippen LogP contribution in [0.25, 0.3) is 5.69 Å². The highest BCUT2D eigenvalue weighted by atomic mass is 35.5. The van der Waals surface area contributed by atoms with Crippen LogP contribution in [0.2, 0.25) is 10.0 Å². The van der Waals surface area contributed by atoms with E-state index < -0.39 is 17.0 Å². The van der Waals surface area contributed by atoms with E-state index in [1.165, 1.54) is 25.1 Å². The van der Waals surface area contributed by atoms with Gasteiger partial charge in [0.2, 0.25) is 0 Å². The number of aromatic nitrogens is 3. The van der Waals surface area contributed by atoms with Crippen LogP contribution in [0.3, 0.4) is 0 Å². The summed E-state index contributed by atoms with van der Waals surface area (Å²) in [5.41, 5.74) is -1.73. The Kier molecular flexibility index (Phi) is 3.55. The van der Waals surface area contributed by atoms with Crippen molar-refractivity contribution in [1.82, 2.24) is 14.8 Å². The third kappa shape index (κ3) is 2.74. The van der Waals surface area contributed by atoms with Gasteiger partial charge in [-0.3, -0.25) is 14.6 Å². The highest BCUT2D eigenvalue weighted by molar-refractivity contribution is 6.34. The Labute approximate surface area is 116 Å². The predicted octanol–water partition coefficient (Wildman–Crippen LogP) is 1.43. The number of benzene rings is 1.